The molecule has 4 atom stereocenters. The summed E-state index contributed by atoms with van der Waals surface area (Å²) in [5.74, 6) is -7.61. The van der Waals surface area contributed by atoms with E-state index in [9.17, 15) is 31.9 Å². The zero-order valence-corrected chi connectivity index (χ0v) is 19.2. The van der Waals surface area contributed by atoms with Gasteiger partial charge in [-0.25, -0.2) is 9.18 Å². The van der Waals surface area contributed by atoms with Crippen molar-refractivity contribution in [2.45, 2.75) is 38.7 Å². The Morgan fingerprint density at radius 3 is 2.49 bits per heavy atom. The Labute approximate surface area is 199 Å². The SMILES string of the molecule is COc1c(C(C(O)Nc2ccc3c(c2)C=CN(C(N)=O)C3)[C@H](C)[C@@H](C)C(F)(F)F)ccc(F)c1F. The number of carbonyl (C=O) groups is 1. The summed E-state index contributed by atoms with van der Waals surface area (Å²) in [5, 5.41) is 13.8. The standard InChI is InChI=1S/C24H26F5N3O3/c1-12(13(2)24(27,28)29)19(17-6-7-18(25)20(26)21(17)35-3)22(33)31-16-5-4-15-11-32(23(30)34)9-8-14(15)10-16/h4-10,12-13,19,22,31,33H,11H2,1-3H3,(H2,30,34)/t12-,13-,19?,22?/m1/s1. The number of rotatable bonds is 7. The number of hydrogen-bond acceptors (Lipinski definition) is 4. The van der Waals surface area contributed by atoms with Crippen LogP contribution in [0.3, 0.4) is 0 Å². The first kappa shape index (κ1) is 26.3. The first-order valence-corrected chi connectivity index (χ1v) is 10.8. The van der Waals surface area contributed by atoms with Gasteiger partial charge in [0.1, 0.15) is 6.23 Å². The van der Waals surface area contributed by atoms with E-state index >= 15 is 0 Å². The lowest BCUT2D eigenvalue weighted by atomic mass is 9.77. The molecule has 190 valence electrons. The van der Waals surface area contributed by atoms with E-state index in [0.29, 0.717) is 11.3 Å². The number of aliphatic hydroxyl groups is 1. The number of fused-ring (bicyclic) bond motifs is 1. The fourth-order valence-corrected chi connectivity index (χ4v) is 4.17. The highest BCUT2D eigenvalue weighted by atomic mass is 19.4. The monoisotopic (exact) mass is 499 g/mol. The van der Waals surface area contributed by atoms with Crippen LogP contribution in [0.1, 0.15) is 36.5 Å². The van der Waals surface area contributed by atoms with Crippen molar-refractivity contribution in [1.29, 1.82) is 0 Å². The maximum atomic E-state index is 14.4. The largest absolute Gasteiger partial charge is 0.493 e. The maximum absolute atomic E-state index is 14.4. The van der Waals surface area contributed by atoms with Gasteiger partial charge in [-0.3, -0.25) is 4.90 Å². The third-order valence-corrected chi connectivity index (χ3v) is 6.37. The molecule has 0 aliphatic carbocycles. The maximum Gasteiger partial charge on any atom is 0.391 e. The van der Waals surface area contributed by atoms with Gasteiger partial charge in [0, 0.05) is 23.4 Å². The van der Waals surface area contributed by atoms with Crippen molar-refractivity contribution in [3.8, 4) is 5.75 Å². The number of hydrogen-bond donors (Lipinski definition) is 3. The van der Waals surface area contributed by atoms with E-state index in [0.717, 1.165) is 31.7 Å². The van der Waals surface area contributed by atoms with Crippen LogP contribution in [0.5, 0.6) is 5.75 Å². The minimum Gasteiger partial charge on any atom is -0.493 e. The van der Waals surface area contributed by atoms with Crippen LogP contribution in [0.25, 0.3) is 6.08 Å². The lowest BCUT2D eigenvalue weighted by molar-refractivity contribution is -0.185. The van der Waals surface area contributed by atoms with Gasteiger partial charge in [0.15, 0.2) is 11.6 Å². The highest BCUT2D eigenvalue weighted by molar-refractivity contribution is 5.76. The number of halogens is 5. The van der Waals surface area contributed by atoms with Crippen molar-refractivity contribution in [3.05, 3.63) is 64.9 Å². The molecule has 3 rings (SSSR count). The van der Waals surface area contributed by atoms with Gasteiger partial charge in [-0.05, 0) is 41.3 Å². The molecule has 0 fully saturated rings. The minimum atomic E-state index is -4.59. The number of primary amides is 1. The number of ether oxygens (including phenoxy) is 1. The number of nitrogens with one attached hydrogen (secondary N) is 1. The van der Waals surface area contributed by atoms with E-state index in [1.165, 1.54) is 18.0 Å². The summed E-state index contributed by atoms with van der Waals surface area (Å²) < 4.78 is 73.9. The highest BCUT2D eigenvalue weighted by Gasteiger charge is 2.45. The van der Waals surface area contributed by atoms with Crippen LogP contribution in [0.15, 0.2) is 36.5 Å². The van der Waals surface area contributed by atoms with Crippen LogP contribution >= 0.6 is 0 Å². The molecule has 0 radical (unpaired) electrons. The van der Waals surface area contributed by atoms with Gasteiger partial charge < -0.3 is 20.9 Å². The minimum absolute atomic E-state index is 0.107. The van der Waals surface area contributed by atoms with E-state index in [4.69, 9.17) is 10.5 Å². The second kappa shape index (κ2) is 10.1. The molecular weight excluding hydrogens is 473 g/mol. The molecule has 0 saturated heterocycles. The summed E-state index contributed by atoms with van der Waals surface area (Å²) in [7, 11) is 1.07. The number of nitrogens with two attached hydrogens (primary N) is 1. The topological polar surface area (TPSA) is 87.8 Å². The van der Waals surface area contributed by atoms with E-state index in [-0.39, 0.29) is 12.1 Å². The number of aliphatic hydroxyl groups excluding tert-OH is 1. The molecule has 6 nitrogen and oxygen atoms in total. The van der Waals surface area contributed by atoms with Crippen LogP contribution in [0.4, 0.5) is 32.4 Å². The zero-order chi connectivity index (χ0) is 26.1. The van der Waals surface area contributed by atoms with Crippen molar-refractivity contribution in [1.82, 2.24) is 4.90 Å². The highest BCUT2D eigenvalue weighted by Crippen LogP contribution is 2.44. The second-order valence-electron chi connectivity index (χ2n) is 8.48. The molecule has 35 heavy (non-hydrogen) atoms. The van der Waals surface area contributed by atoms with Gasteiger partial charge in [0.25, 0.3) is 0 Å². The normalized spacial score (nSPS) is 16.8. The molecule has 0 spiro atoms. The number of alkyl halides is 3. The summed E-state index contributed by atoms with van der Waals surface area (Å²) in [6.45, 7) is 2.48. The second-order valence-corrected chi connectivity index (χ2v) is 8.48. The van der Waals surface area contributed by atoms with Crippen molar-refractivity contribution in [2.75, 3.05) is 12.4 Å². The Kier molecular flexibility index (Phi) is 7.59. The Hall–Kier alpha value is -3.34. The summed E-state index contributed by atoms with van der Waals surface area (Å²) in [6.07, 6.45) is -3.09. The van der Waals surface area contributed by atoms with Crippen LogP contribution in [-0.4, -0.2) is 35.6 Å². The predicted molar refractivity (Wildman–Crippen MR) is 120 cm³/mol. The van der Waals surface area contributed by atoms with E-state index < -0.39 is 53.6 Å². The van der Waals surface area contributed by atoms with E-state index in [1.807, 2.05) is 0 Å². The number of nitrogens with zero attached hydrogens (tertiary/aromatic N) is 1. The lowest BCUT2D eigenvalue weighted by Gasteiger charge is -2.35. The molecule has 2 aromatic rings. The van der Waals surface area contributed by atoms with Gasteiger partial charge in [0.2, 0.25) is 5.82 Å². The predicted octanol–water partition coefficient (Wildman–Crippen LogP) is 5.19. The molecule has 2 aromatic carbocycles. The molecule has 1 aliphatic heterocycles. The molecule has 0 saturated carbocycles. The number of carbonyl (C=O) groups excluding carboxylic acids is 1. The van der Waals surface area contributed by atoms with Crippen molar-refractivity contribution < 1.29 is 36.6 Å². The lowest BCUT2D eigenvalue weighted by Crippen LogP contribution is -2.38. The quantitative estimate of drug-likeness (QED) is 0.362. The third-order valence-electron chi connectivity index (χ3n) is 6.37. The molecule has 0 bridgehead atoms. The number of amides is 2. The molecule has 2 unspecified atom stereocenters. The zero-order valence-electron chi connectivity index (χ0n) is 19.2. The molecule has 1 aliphatic rings. The molecule has 1 heterocycles. The van der Waals surface area contributed by atoms with Gasteiger partial charge in [-0.2, -0.15) is 17.6 Å². The average molecular weight is 499 g/mol. The third kappa shape index (κ3) is 5.50. The molecule has 0 aromatic heterocycles. The first-order valence-electron chi connectivity index (χ1n) is 10.8. The van der Waals surface area contributed by atoms with Gasteiger partial charge in [0.05, 0.1) is 19.6 Å². The summed E-state index contributed by atoms with van der Waals surface area (Å²) >= 11 is 0. The Morgan fingerprint density at radius 1 is 1.20 bits per heavy atom. The molecular formula is C24H26F5N3O3. The first-order chi connectivity index (χ1) is 16.3. The number of urea groups is 1. The van der Waals surface area contributed by atoms with Crippen molar-refractivity contribution >= 4 is 17.8 Å². The van der Waals surface area contributed by atoms with E-state index in [2.05, 4.69) is 5.32 Å². The Morgan fingerprint density at radius 2 is 1.89 bits per heavy atom. The fraction of sp³-hybridized carbons (Fsp3) is 0.375. The number of anilines is 1. The summed E-state index contributed by atoms with van der Waals surface area (Å²) in [4.78, 5) is 12.7. The molecule has 2 amide bonds. The smallest absolute Gasteiger partial charge is 0.391 e. The van der Waals surface area contributed by atoms with Crippen LogP contribution in [0.2, 0.25) is 0 Å². The van der Waals surface area contributed by atoms with Crippen molar-refractivity contribution in [2.24, 2.45) is 17.6 Å². The number of methoxy groups -OCH3 is 1. The summed E-state index contributed by atoms with van der Waals surface area (Å²) in [6, 6.07) is 6.17. The summed E-state index contributed by atoms with van der Waals surface area (Å²) in [5.41, 5.74) is 7.02. The molecule has 11 heteroatoms. The number of benzene rings is 2. The fourth-order valence-electron chi connectivity index (χ4n) is 4.17. The Bertz CT molecular complexity index is 1120. The van der Waals surface area contributed by atoms with Crippen LogP contribution in [0, 0.1) is 23.5 Å². The average Bonchev–Trinajstić information content (AvgIpc) is 2.80. The van der Waals surface area contributed by atoms with Gasteiger partial charge >= 0.3 is 12.2 Å². The Balaban J connectivity index is 1.98. The van der Waals surface area contributed by atoms with Crippen molar-refractivity contribution in [3.63, 3.8) is 0 Å². The van der Waals surface area contributed by atoms with Crippen LogP contribution in [-0.2, 0) is 6.54 Å². The van der Waals surface area contributed by atoms with E-state index in [1.54, 1.807) is 24.3 Å². The van der Waals surface area contributed by atoms with Gasteiger partial charge in [-0.15, -0.1) is 0 Å². The van der Waals surface area contributed by atoms with Gasteiger partial charge in [-0.1, -0.05) is 26.0 Å². The van der Waals surface area contributed by atoms with Crippen LogP contribution < -0.4 is 15.8 Å². The molecule has 4 N–H and O–H groups in total.